The van der Waals surface area contributed by atoms with Crippen molar-refractivity contribution in [2.45, 2.75) is 11.3 Å². The maximum absolute atomic E-state index is 13.5. The highest BCUT2D eigenvalue weighted by Crippen LogP contribution is 2.22. The second-order valence-electron chi connectivity index (χ2n) is 4.32. The van der Waals surface area contributed by atoms with Crippen molar-refractivity contribution in [3.8, 4) is 0 Å². The molecule has 0 aliphatic rings. The lowest BCUT2D eigenvalue weighted by atomic mass is 10.2. The van der Waals surface area contributed by atoms with Gasteiger partial charge in [-0.25, -0.2) is 17.2 Å². The van der Waals surface area contributed by atoms with Crippen LogP contribution in [0.1, 0.15) is 5.56 Å². The van der Waals surface area contributed by atoms with E-state index in [1.165, 1.54) is 24.3 Å². The molecule has 0 aliphatic carbocycles. The summed E-state index contributed by atoms with van der Waals surface area (Å²) in [6.07, 6.45) is 0.399. The minimum Gasteiger partial charge on any atom is -0.396 e. The number of hydrogen-bond acceptors (Lipinski definition) is 3. The summed E-state index contributed by atoms with van der Waals surface area (Å²) >= 11 is 0. The summed E-state index contributed by atoms with van der Waals surface area (Å²) in [7, 11) is -4.08. The SMILES string of the molecule is O=S(=O)(Nc1c(F)cccc1F)c1ccc(CCO)cc1. The first-order valence-electron chi connectivity index (χ1n) is 6.10. The predicted molar refractivity (Wildman–Crippen MR) is 74.4 cm³/mol. The van der Waals surface area contributed by atoms with Gasteiger partial charge < -0.3 is 5.11 Å². The molecule has 2 rings (SSSR count). The van der Waals surface area contributed by atoms with Crippen LogP contribution >= 0.6 is 0 Å². The molecule has 2 aromatic carbocycles. The zero-order chi connectivity index (χ0) is 15.5. The van der Waals surface area contributed by atoms with Gasteiger partial charge in [0.05, 0.1) is 4.90 Å². The summed E-state index contributed by atoms with van der Waals surface area (Å²) in [4.78, 5) is -0.119. The lowest BCUT2D eigenvalue weighted by molar-refractivity contribution is 0.299. The van der Waals surface area contributed by atoms with Gasteiger partial charge in [-0.15, -0.1) is 0 Å². The quantitative estimate of drug-likeness (QED) is 0.890. The largest absolute Gasteiger partial charge is 0.396 e. The molecule has 0 radical (unpaired) electrons. The number of hydrogen-bond donors (Lipinski definition) is 2. The van der Waals surface area contributed by atoms with Crippen LogP contribution in [0.3, 0.4) is 0 Å². The van der Waals surface area contributed by atoms with Crippen molar-refractivity contribution in [3.63, 3.8) is 0 Å². The number of sulfonamides is 1. The number of aliphatic hydroxyl groups is 1. The molecule has 21 heavy (non-hydrogen) atoms. The van der Waals surface area contributed by atoms with Crippen LogP contribution in [-0.4, -0.2) is 20.1 Å². The molecule has 0 saturated heterocycles. The van der Waals surface area contributed by atoms with E-state index >= 15 is 0 Å². The number of anilines is 1. The molecule has 0 saturated carbocycles. The van der Waals surface area contributed by atoms with Crippen LogP contribution in [0.5, 0.6) is 0 Å². The zero-order valence-electron chi connectivity index (χ0n) is 10.9. The molecule has 0 unspecified atom stereocenters. The molecule has 0 aromatic heterocycles. The van der Waals surface area contributed by atoms with Gasteiger partial charge in [-0.2, -0.15) is 0 Å². The van der Waals surface area contributed by atoms with Gasteiger partial charge >= 0.3 is 0 Å². The van der Waals surface area contributed by atoms with Gasteiger partial charge in [-0.3, -0.25) is 4.72 Å². The Morgan fingerprint density at radius 1 is 1.00 bits per heavy atom. The van der Waals surface area contributed by atoms with E-state index in [0.717, 1.165) is 23.8 Å². The van der Waals surface area contributed by atoms with Crippen molar-refractivity contribution >= 4 is 15.7 Å². The summed E-state index contributed by atoms with van der Waals surface area (Å²) in [6.45, 7) is -0.0508. The maximum atomic E-state index is 13.5. The smallest absolute Gasteiger partial charge is 0.262 e. The van der Waals surface area contributed by atoms with Crippen molar-refractivity contribution in [2.75, 3.05) is 11.3 Å². The van der Waals surface area contributed by atoms with Crippen LogP contribution in [0.2, 0.25) is 0 Å². The third-order valence-corrected chi connectivity index (χ3v) is 4.20. The van der Waals surface area contributed by atoms with E-state index in [4.69, 9.17) is 5.11 Å². The van der Waals surface area contributed by atoms with Crippen LogP contribution in [0.4, 0.5) is 14.5 Å². The van der Waals surface area contributed by atoms with Crippen LogP contribution in [-0.2, 0) is 16.4 Å². The molecule has 0 amide bonds. The fourth-order valence-electron chi connectivity index (χ4n) is 1.75. The molecule has 2 aromatic rings. The number of benzene rings is 2. The Bertz CT molecular complexity index is 710. The first-order valence-corrected chi connectivity index (χ1v) is 7.59. The van der Waals surface area contributed by atoms with Crippen LogP contribution < -0.4 is 4.72 Å². The monoisotopic (exact) mass is 313 g/mol. The van der Waals surface area contributed by atoms with E-state index in [1.54, 1.807) is 0 Å². The second-order valence-corrected chi connectivity index (χ2v) is 6.00. The van der Waals surface area contributed by atoms with Gasteiger partial charge in [-0.1, -0.05) is 18.2 Å². The number of nitrogens with one attached hydrogen (secondary N) is 1. The maximum Gasteiger partial charge on any atom is 0.262 e. The third-order valence-electron chi connectivity index (χ3n) is 2.83. The highest BCUT2D eigenvalue weighted by Gasteiger charge is 2.18. The number of aliphatic hydroxyl groups excluding tert-OH is 1. The van der Waals surface area contributed by atoms with E-state index < -0.39 is 27.3 Å². The molecular weight excluding hydrogens is 300 g/mol. The molecule has 0 bridgehead atoms. The molecule has 0 spiro atoms. The first-order chi connectivity index (χ1) is 9.94. The van der Waals surface area contributed by atoms with E-state index in [9.17, 15) is 17.2 Å². The average Bonchev–Trinajstić information content (AvgIpc) is 2.44. The Morgan fingerprint density at radius 2 is 1.57 bits per heavy atom. The minimum atomic E-state index is -4.08. The Balaban J connectivity index is 2.30. The number of halogens is 2. The average molecular weight is 313 g/mol. The molecule has 0 fully saturated rings. The fraction of sp³-hybridized carbons (Fsp3) is 0.143. The minimum absolute atomic E-state index is 0.0508. The van der Waals surface area contributed by atoms with E-state index in [1.807, 2.05) is 4.72 Å². The standard InChI is InChI=1S/C14H13F2NO3S/c15-12-2-1-3-13(16)14(12)17-21(19,20)11-6-4-10(5-7-11)8-9-18/h1-7,17-18H,8-9H2. The number of para-hydroxylation sites is 1. The van der Waals surface area contributed by atoms with Gasteiger partial charge in [0.15, 0.2) is 0 Å². The van der Waals surface area contributed by atoms with Gasteiger partial charge in [0.1, 0.15) is 17.3 Å². The van der Waals surface area contributed by atoms with Gasteiger partial charge in [0, 0.05) is 6.61 Å². The molecular formula is C14H13F2NO3S. The fourth-order valence-corrected chi connectivity index (χ4v) is 2.83. The predicted octanol–water partition coefficient (Wildman–Crippen LogP) is 2.30. The summed E-state index contributed by atoms with van der Waals surface area (Å²) < 4.78 is 53.0. The van der Waals surface area contributed by atoms with Crippen LogP contribution in [0.25, 0.3) is 0 Å². The lowest BCUT2D eigenvalue weighted by Crippen LogP contribution is -2.15. The van der Waals surface area contributed by atoms with Crippen molar-refractivity contribution in [3.05, 3.63) is 59.7 Å². The van der Waals surface area contributed by atoms with E-state index in [-0.39, 0.29) is 11.5 Å². The second kappa shape index (κ2) is 6.19. The summed E-state index contributed by atoms with van der Waals surface area (Å²) in [5, 5.41) is 8.79. The Hall–Kier alpha value is -1.99. The Kier molecular flexibility index (Phi) is 4.54. The zero-order valence-corrected chi connectivity index (χ0v) is 11.7. The van der Waals surface area contributed by atoms with Gasteiger partial charge in [0.2, 0.25) is 0 Å². The highest BCUT2D eigenvalue weighted by molar-refractivity contribution is 7.92. The van der Waals surface area contributed by atoms with Gasteiger partial charge in [-0.05, 0) is 36.2 Å². The first kappa shape index (κ1) is 15.4. The van der Waals surface area contributed by atoms with Crippen molar-refractivity contribution in [1.82, 2.24) is 0 Å². The third kappa shape index (κ3) is 3.56. The molecule has 0 atom stereocenters. The summed E-state index contributed by atoms with van der Waals surface area (Å²) in [5.41, 5.74) is 0.0467. The topological polar surface area (TPSA) is 66.4 Å². The summed E-state index contributed by atoms with van der Waals surface area (Å²) in [5.74, 6) is -1.98. The van der Waals surface area contributed by atoms with Gasteiger partial charge in [0.25, 0.3) is 10.0 Å². The molecule has 112 valence electrons. The molecule has 7 heteroatoms. The van der Waals surface area contributed by atoms with E-state index in [2.05, 4.69) is 0 Å². The molecule has 4 nitrogen and oxygen atoms in total. The van der Waals surface area contributed by atoms with E-state index in [0.29, 0.717) is 6.42 Å². The van der Waals surface area contributed by atoms with Crippen LogP contribution in [0, 0.1) is 11.6 Å². The normalized spacial score (nSPS) is 11.4. The molecule has 2 N–H and O–H groups in total. The molecule has 0 heterocycles. The highest BCUT2D eigenvalue weighted by atomic mass is 32.2. The number of rotatable bonds is 5. The van der Waals surface area contributed by atoms with Crippen molar-refractivity contribution in [2.24, 2.45) is 0 Å². The molecule has 0 aliphatic heterocycles. The Morgan fingerprint density at radius 3 is 2.10 bits per heavy atom. The Labute approximate surface area is 121 Å². The van der Waals surface area contributed by atoms with Crippen molar-refractivity contribution in [1.29, 1.82) is 0 Å². The van der Waals surface area contributed by atoms with Crippen molar-refractivity contribution < 1.29 is 22.3 Å². The lowest BCUT2D eigenvalue weighted by Gasteiger charge is -2.10. The summed E-state index contributed by atoms with van der Waals surface area (Å²) in [6, 6.07) is 8.76. The van der Waals surface area contributed by atoms with Crippen LogP contribution in [0.15, 0.2) is 47.4 Å².